The zero-order chi connectivity index (χ0) is 15.6. The van der Waals surface area contributed by atoms with Crippen LogP contribution in [0.5, 0.6) is 5.75 Å². The number of hydrogen-bond acceptors (Lipinski definition) is 4. The third-order valence-electron chi connectivity index (χ3n) is 2.50. The van der Waals surface area contributed by atoms with E-state index in [1.165, 1.54) is 0 Å². The Bertz CT molecular complexity index is 699. The molecule has 1 heterocycles. The minimum Gasteiger partial charge on any atom is -0.461 e. The van der Waals surface area contributed by atoms with Crippen LogP contribution in [0.15, 0.2) is 18.2 Å². The van der Waals surface area contributed by atoms with E-state index in [2.05, 4.69) is 9.72 Å². The number of hydrogen-bond donors (Lipinski definition) is 0. The number of benzene rings is 1. The van der Waals surface area contributed by atoms with Gasteiger partial charge in [0.15, 0.2) is 5.75 Å². The first-order valence-corrected chi connectivity index (χ1v) is 7.69. The van der Waals surface area contributed by atoms with E-state index >= 15 is 0 Å². The number of aromatic nitrogens is 1. The van der Waals surface area contributed by atoms with Crippen LogP contribution in [0.1, 0.15) is 6.92 Å². The molecular weight excluding hydrogens is 435 g/mol. The lowest BCUT2D eigenvalue weighted by Crippen LogP contribution is -2.25. The molecule has 4 nitrogen and oxygen atoms in total. The summed E-state index contributed by atoms with van der Waals surface area (Å²) in [5.41, 5.74) is 0.284. The summed E-state index contributed by atoms with van der Waals surface area (Å²) in [6.45, 7) is 1.64. The predicted molar refractivity (Wildman–Crippen MR) is 86.6 cm³/mol. The second kappa shape index (κ2) is 6.93. The SMILES string of the molecule is CCOC(=O)C(F)Oc1c(I)cc(Cl)c2ccc(Cl)nc12. The van der Waals surface area contributed by atoms with Gasteiger partial charge in [-0.1, -0.05) is 23.2 Å². The van der Waals surface area contributed by atoms with E-state index in [1.54, 1.807) is 25.1 Å². The van der Waals surface area contributed by atoms with E-state index in [1.807, 2.05) is 22.6 Å². The first-order chi connectivity index (χ1) is 9.93. The Kier molecular flexibility index (Phi) is 5.45. The van der Waals surface area contributed by atoms with Crippen LogP contribution in [0.2, 0.25) is 10.2 Å². The largest absolute Gasteiger partial charge is 0.461 e. The van der Waals surface area contributed by atoms with E-state index in [4.69, 9.17) is 27.9 Å². The van der Waals surface area contributed by atoms with Gasteiger partial charge in [-0.2, -0.15) is 4.39 Å². The van der Waals surface area contributed by atoms with Crippen LogP contribution < -0.4 is 4.74 Å². The van der Waals surface area contributed by atoms with Crippen molar-refractivity contribution in [1.82, 2.24) is 4.98 Å². The Hall–Kier alpha value is -0.860. The summed E-state index contributed by atoms with van der Waals surface area (Å²) in [4.78, 5) is 15.4. The fraction of sp³-hybridized carbons (Fsp3) is 0.231. The number of halogens is 4. The number of nitrogens with zero attached hydrogens (tertiary/aromatic N) is 1. The van der Waals surface area contributed by atoms with Crippen LogP contribution >= 0.6 is 45.8 Å². The van der Waals surface area contributed by atoms with Crippen LogP contribution in [0.3, 0.4) is 0 Å². The molecular formula is C13H9Cl2FINO3. The van der Waals surface area contributed by atoms with Crippen LogP contribution in [-0.4, -0.2) is 23.9 Å². The molecule has 0 spiro atoms. The molecule has 2 aromatic rings. The third kappa shape index (κ3) is 3.67. The van der Waals surface area contributed by atoms with Crippen molar-refractivity contribution in [2.75, 3.05) is 6.61 Å². The van der Waals surface area contributed by atoms with Gasteiger partial charge in [-0.15, -0.1) is 0 Å². The van der Waals surface area contributed by atoms with Gasteiger partial charge in [0.05, 0.1) is 15.2 Å². The Morgan fingerprint density at radius 1 is 1.48 bits per heavy atom. The summed E-state index contributed by atoms with van der Waals surface area (Å²) in [7, 11) is 0. The molecule has 21 heavy (non-hydrogen) atoms. The summed E-state index contributed by atoms with van der Waals surface area (Å²) < 4.78 is 23.9. The van der Waals surface area contributed by atoms with Crippen molar-refractivity contribution in [1.29, 1.82) is 0 Å². The number of pyridine rings is 1. The molecule has 0 bridgehead atoms. The van der Waals surface area contributed by atoms with Crippen molar-refractivity contribution >= 4 is 62.7 Å². The summed E-state index contributed by atoms with van der Waals surface area (Å²) in [6, 6.07) is 4.80. The van der Waals surface area contributed by atoms with E-state index in [9.17, 15) is 9.18 Å². The van der Waals surface area contributed by atoms with Crippen molar-refractivity contribution in [3.63, 3.8) is 0 Å². The molecule has 1 aromatic heterocycles. The van der Waals surface area contributed by atoms with Crippen molar-refractivity contribution in [3.05, 3.63) is 31.9 Å². The van der Waals surface area contributed by atoms with Gasteiger partial charge in [0.25, 0.3) is 0 Å². The van der Waals surface area contributed by atoms with E-state index in [0.717, 1.165) is 0 Å². The highest BCUT2D eigenvalue weighted by molar-refractivity contribution is 14.1. The molecule has 0 radical (unpaired) electrons. The van der Waals surface area contributed by atoms with Crippen LogP contribution in [0.4, 0.5) is 4.39 Å². The minimum atomic E-state index is -2.25. The zero-order valence-corrected chi connectivity index (χ0v) is 14.4. The molecule has 0 aliphatic heterocycles. The molecule has 1 unspecified atom stereocenters. The Labute approximate surface area is 143 Å². The quantitative estimate of drug-likeness (QED) is 0.399. The number of carbonyl (C=O) groups is 1. The topological polar surface area (TPSA) is 48.4 Å². The second-order valence-electron chi connectivity index (χ2n) is 3.89. The molecule has 112 valence electrons. The maximum Gasteiger partial charge on any atom is 0.381 e. The van der Waals surface area contributed by atoms with Crippen molar-refractivity contribution in [2.45, 2.75) is 13.3 Å². The molecule has 0 saturated carbocycles. The summed E-state index contributed by atoms with van der Waals surface area (Å²) in [5, 5.41) is 1.18. The lowest BCUT2D eigenvalue weighted by Gasteiger charge is -2.14. The fourth-order valence-electron chi connectivity index (χ4n) is 1.64. The van der Waals surface area contributed by atoms with Crippen molar-refractivity contribution in [2.24, 2.45) is 0 Å². The Morgan fingerprint density at radius 2 is 2.19 bits per heavy atom. The highest BCUT2D eigenvalue weighted by Gasteiger charge is 2.24. The molecule has 0 saturated heterocycles. The van der Waals surface area contributed by atoms with Gasteiger partial charge in [0, 0.05) is 5.39 Å². The molecule has 0 fully saturated rings. The lowest BCUT2D eigenvalue weighted by atomic mass is 10.2. The number of ether oxygens (including phenoxy) is 2. The molecule has 0 aliphatic carbocycles. The lowest BCUT2D eigenvalue weighted by molar-refractivity contribution is -0.159. The minimum absolute atomic E-state index is 0.0607. The third-order valence-corrected chi connectivity index (χ3v) is 3.82. The highest BCUT2D eigenvalue weighted by Crippen LogP contribution is 2.36. The van der Waals surface area contributed by atoms with Gasteiger partial charge in [0.2, 0.25) is 0 Å². The first kappa shape index (κ1) is 16.5. The van der Waals surface area contributed by atoms with Gasteiger partial charge in [-0.05, 0) is 47.7 Å². The number of alkyl halides is 1. The number of esters is 1. The number of fused-ring (bicyclic) bond motifs is 1. The molecule has 1 aromatic carbocycles. The molecule has 0 amide bonds. The highest BCUT2D eigenvalue weighted by atomic mass is 127. The van der Waals surface area contributed by atoms with Gasteiger partial charge in [0.1, 0.15) is 10.7 Å². The summed E-state index contributed by atoms with van der Waals surface area (Å²) >= 11 is 13.9. The first-order valence-electron chi connectivity index (χ1n) is 5.85. The summed E-state index contributed by atoms with van der Waals surface area (Å²) in [5.74, 6) is -1.00. The maximum absolute atomic E-state index is 13.8. The fourth-order valence-corrected chi connectivity index (χ4v) is 2.93. The normalized spacial score (nSPS) is 12.2. The van der Waals surface area contributed by atoms with Crippen molar-refractivity contribution in [3.8, 4) is 5.75 Å². The average Bonchev–Trinajstić information content (AvgIpc) is 2.43. The zero-order valence-electron chi connectivity index (χ0n) is 10.7. The van der Waals surface area contributed by atoms with Gasteiger partial charge >= 0.3 is 12.3 Å². The number of carbonyl (C=O) groups excluding carboxylic acids is 1. The van der Waals surface area contributed by atoms with Crippen LogP contribution in [-0.2, 0) is 9.53 Å². The van der Waals surface area contributed by atoms with Crippen molar-refractivity contribution < 1.29 is 18.7 Å². The molecule has 2 rings (SSSR count). The van der Waals surface area contributed by atoms with Gasteiger partial charge in [-0.3, -0.25) is 0 Å². The Morgan fingerprint density at radius 3 is 2.86 bits per heavy atom. The van der Waals surface area contributed by atoms with Crippen LogP contribution in [0, 0.1) is 3.57 Å². The maximum atomic E-state index is 13.8. The Balaban J connectivity index is 2.48. The second-order valence-corrected chi connectivity index (χ2v) is 5.84. The van der Waals surface area contributed by atoms with Gasteiger partial charge < -0.3 is 9.47 Å². The molecule has 0 N–H and O–H groups in total. The van der Waals surface area contributed by atoms with Crippen LogP contribution in [0.25, 0.3) is 10.9 Å². The summed E-state index contributed by atoms with van der Waals surface area (Å²) in [6.07, 6.45) is -2.25. The van der Waals surface area contributed by atoms with E-state index in [0.29, 0.717) is 14.0 Å². The van der Waals surface area contributed by atoms with E-state index in [-0.39, 0.29) is 23.0 Å². The molecule has 1 atom stereocenters. The van der Waals surface area contributed by atoms with Gasteiger partial charge in [-0.25, -0.2) is 9.78 Å². The smallest absolute Gasteiger partial charge is 0.381 e. The molecule has 0 aliphatic rings. The molecule has 8 heteroatoms. The average molecular weight is 444 g/mol. The van der Waals surface area contributed by atoms with E-state index < -0.39 is 12.3 Å². The monoisotopic (exact) mass is 443 g/mol. The number of rotatable bonds is 4. The standard InChI is InChI=1S/C13H9Cl2FINO3/c1-2-20-13(19)12(16)21-11-8(17)5-7(14)6-3-4-9(15)18-10(6)11/h3-5,12H,2H2,1H3. The predicted octanol–water partition coefficient (Wildman–Crippen LogP) is 4.38.